The van der Waals surface area contributed by atoms with E-state index in [4.69, 9.17) is 39.8 Å². The maximum absolute atomic E-state index is 12.8. The van der Waals surface area contributed by atoms with Gasteiger partial charge in [-0.15, -0.1) is 11.3 Å². The molecule has 150 valence electrons. The Morgan fingerprint density at radius 1 is 0.964 bits per heavy atom. The lowest BCUT2D eigenvalue weighted by Crippen LogP contribution is -2.48. The quantitative estimate of drug-likeness (QED) is 0.520. The maximum atomic E-state index is 12.8. The van der Waals surface area contributed by atoms with Crippen LogP contribution in [0.1, 0.15) is 44.2 Å². The zero-order valence-electron chi connectivity index (χ0n) is 14.9. The first-order chi connectivity index (χ1) is 13.2. The summed E-state index contributed by atoms with van der Waals surface area (Å²) in [5.74, 6) is 2.43. The van der Waals surface area contributed by atoms with Gasteiger partial charge in [-0.05, 0) is 68.4 Å². The standard InChI is InChI=1S/C19H19Cl3N2O2S2/c20-13-4-15(22)16(5-14(13)21)28(25,26)24-18-23-17(9-27-18)19-6-10-1-11(7-19)3-12(2-10)8-19/h4-5,9-12H,1-3,6-8H2,(H,23,24). The summed E-state index contributed by atoms with van der Waals surface area (Å²) in [6, 6.07) is 2.60. The highest BCUT2D eigenvalue weighted by atomic mass is 35.5. The van der Waals surface area contributed by atoms with Gasteiger partial charge in [-0.3, -0.25) is 4.72 Å². The highest BCUT2D eigenvalue weighted by Gasteiger charge is 2.52. The van der Waals surface area contributed by atoms with Gasteiger partial charge in [-0.2, -0.15) is 0 Å². The van der Waals surface area contributed by atoms with Crippen molar-refractivity contribution in [2.24, 2.45) is 17.8 Å². The zero-order chi connectivity index (χ0) is 19.7. The Morgan fingerprint density at radius 3 is 2.14 bits per heavy atom. The SMILES string of the molecule is O=S(=O)(Nc1nc(C23CC4CC(CC(C4)C2)C3)cs1)c1cc(Cl)c(Cl)cc1Cl. The highest BCUT2D eigenvalue weighted by Crippen LogP contribution is 2.60. The van der Waals surface area contributed by atoms with E-state index in [-0.39, 0.29) is 25.4 Å². The molecule has 4 aliphatic rings. The Balaban J connectivity index is 1.42. The third-order valence-corrected chi connectivity index (χ3v) is 9.98. The van der Waals surface area contributed by atoms with Crippen molar-refractivity contribution in [1.29, 1.82) is 0 Å². The van der Waals surface area contributed by atoms with Crippen molar-refractivity contribution in [2.45, 2.75) is 48.8 Å². The van der Waals surface area contributed by atoms with E-state index in [1.807, 2.05) is 5.38 Å². The van der Waals surface area contributed by atoms with Crippen molar-refractivity contribution in [2.75, 3.05) is 4.72 Å². The summed E-state index contributed by atoms with van der Waals surface area (Å²) in [7, 11) is -3.90. The molecule has 0 atom stereocenters. The van der Waals surface area contributed by atoms with E-state index in [1.165, 1.54) is 62.0 Å². The van der Waals surface area contributed by atoms with Crippen molar-refractivity contribution in [3.8, 4) is 0 Å². The minimum atomic E-state index is -3.90. The number of hydrogen-bond acceptors (Lipinski definition) is 4. The molecule has 4 aliphatic carbocycles. The van der Waals surface area contributed by atoms with Crippen LogP contribution in [-0.2, 0) is 15.4 Å². The summed E-state index contributed by atoms with van der Waals surface area (Å²) in [5.41, 5.74) is 1.19. The van der Waals surface area contributed by atoms with E-state index in [2.05, 4.69) is 4.72 Å². The molecule has 1 aromatic heterocycles. The molecule has 9 heteroatoms. The molecule has 4 nitrogen and oxygen atoms in total. The van der Waals surface area contributed by atoms with Gasteiger partial charge in [-0.1, -0.05) is 34.8 Å². The molecule has 4 saturated carbocycles. The second kappa shape index (κ2) is 6.74. The number of aromatic nitrogens is 1. The van der Waals surface area contributed by atoms with Gasteiger partial charge >= 0.3 is 0 Å². The molecule has 2 aromatic rings. The number of nitrogens with zero attached hydrogens (tertiary/aromatic N) is 1. The van der Waals surface area contributed by atoms with Gasteiger partial charge < -0.3 is 0 Å². The number of halogens is 3. The summed E-state index contributed by atoms with van der Waals surface area (Å²) in [6.45, 7) is 0. The molecule has 1 heterocycles. The van der Waals surface area contributed by atoms with Crippen LogP contribution in [0.15, 0.2) is 22.4 Å². The predicted molar refractivity (Wildman–Crippen MR) is 114 cm³/mol. The fourth-order valence-corrected chi connectivity index (χ4v) is 8.96. The number of benzene rings is 1. The van der Waals surface area contributed by atoms with E-state index in [0.29, 0.717) is 5.13 Å². The molecule has 28 heavy (non-hydrogen) atoms. The van der Waals surface area contributed by atoms with E-state index < -0.39 is 10.0 Å². The molecular weight excluding hydrogens is 459 g/mol. The molecular formula is C19H19Cl3N2O2S2. The van der Waals surface area contributed by atoms with Crippen LogP contribution in [0.4, 0.5) is 5.13 Å². The van der Waals surface area contributed by atoms with Gasteiger partial charge in [0.1, 0.15) is 4.90 Å². The second-order valence-corrected chi connectivity index (χ2v) is 12.3. The highest BCUT2D eigenvalue weighted by molar-refractivity contribution is 7.93. The van der Waals surface area contributed by atoms with Gasteiger partial charge in [-0.25, -0.2) is 13.4 Å². The zero-order valence-corrected chi connectivity index (χ0v) is 18.8. The van der Waals surface area contributed by atoms with Crippen molar-refractivity contribution >= 4 is 61.3 Å². The van der Waals surface area contributed by atoms with E-state index in [1.54, 1.807) is 0 Å². The van der Waals surface area contributed by atoms with E-state index >= 15 is 0 Å². The molecule has 1 N–H and O–H groups in total. The minimum absolute atomic E-state index is 0.0276. The van der Waals surface area contributed by atoms with Crippen LogP contribution in [0, 0.1) is 17.8 Å². The maximum Gasteiger partial charge on any atom is 0.265 e. The fraction of sp³-hybridized carbons (Fsp3) is 0.526. The first-order valence-electron chi connectivity index (χ1n) is 9.37. The number of sulfonamides is 1. The van der Waals surface area contributed by atoms with Gasteiger partial charge in [0.25, 0.3) is 10.0 Å². The number of rotatable bonds is 4. The first kappa shape index (κ1) is 19.4. The third kappa shape index (κ3) is 3.25. The van der Waals surface area contributed by atoms with Crippen molar-refractivity contribution in [3.63, 3.8) is 0 Å². The van der Waals surface area contributed by atoms with Gasteiger partial charge in [0.15, 0.2) is 5.13 Å². The monoisotopic (exact) mass is 476 g/mol. The summed E-state index contributed by atoms with van der Waals surface area (Å²) in [5, 5.41) is 2.78. The predicted octanol–water partition coefficient (Wildman–Crippen LogP) is 6.37. The minimum Gasteiger partial charge on any atom is -0.255 e. The summed E-state index contributed by atoms with van der Waals surface area (Å²) >= 11 is 19.3. The molecule has 0 spiro atoms. The summed E-state index contributed by atoms with van der Waals surface area (Å²) in [6.07, 6.45) is 7.64. The smallest absolute Gasteiger partial charge is 0.255 e. The average molecular weight is 478 g/mol. The molecule has 6 rings (SSSR count). The van der Waals surface area contributed by atoms with E-state index in [0.717, 1.165) is 23.4 Å². The van der Waals surface area contributed by atoms with Gasteiger partial charge in [0.05, 0.1) is 20.8 Å². The Hall–Kier alpha value is -0.530. The summed E-state index contributed by atoms with van der Waals surface area (Å²) in [4.78, 5) is 4.60. The van der Waals surface area contributed by atoms with Gasteiger partial charge in [0, 0.05) is 10.8 Å². The normalized spacial score (nSPS) is 31.3. The van der Waals surface area contributed by atoms with Crippen LogP contribution in [-0.4, -0.2) is 13.4 Å². The summed E-state index contributed by atoms with van der Waals surface area (Å²) < 4.78 is 28.2. The van der Waals surface area contributed by atoms with Crippen LogP contribution in [0.3, 0.4) is 0 Å². The van der Waals surface area contributed by atoms with Crippen molar-refractivity contribution in [3.05, 3.63) is 38.3 Å². The molecule has 0 unspecified atom stereocenters. The lowest BCUT2D eigenvalue weighted by atomic mass is 9.49. The Kier molecular flexibility index (Phi) is 4.68. The number of thiazole rings is 1. The average Bonchev–Trinajstić information content (AvgIpc) is 3.05. The van der Waals surface area contributed by atoms with Crippen LogP contribution in [0.2, 0.25) is 15.1 Å². The molecule has 4 bridgehead atoms. The Morgan fingerprint density at radius 2 is 1.54 bits per heavy atom. The van der Waals surface area contributed by atoms with E-state index in [9.17, 15) is 8.42 Å². The molecule has 0 radical (unpaired) electrons. The molecule has 0 amide bonds. The Bertz CT molecular complexity index is 1020. The van der Waals surface area contributed by atoms with Crippen LogP contribution in [0.5, 0.6) is 0 Å². The van der Waals surface area contributed by atoms with Crippen LogP contribution >= 0.6 is 46.1 Å². The van der Waals surface area contributed by atoms with Crippen LogP contribution in [0.25, 0.3) is 0 Å². The fourth-order valence-electron chi connectivity index (χ4n) is 5.87. The molecule has 4 fully saturated rings. The lowest BCUT2D eigenvalue weighted by molar-refractivity contribution is -0.00688. The number of anilines is 1. The molecule has 1 aromatic carbocycles. The van der Waals surface area contributed by atoms with Crippen LogP contribution < -0.4 is 4.72 Å². The molecule has 0 aliphatic heterocycles. The lowest BCUT2D eigenvalue weighted by Gasteiger charge is -2.56. The Labute approximate surface area is 183 Å². The largest absolute Gasteiger partial charge is 0.265 e. The van der Waals surface area contributed by atoms with Crippen molar-refractivity contribution < 1.29 is 8.42 Å². The number of hydrogen-bond donors (Lipinski definition) is 1. The van der Waals surface area contributed by atoms with Gasteiger partial charge in [0.2, 0.25) is 0 Å². The first-order valence-corrected chi connectivity index (χ1v) is 12.9. The van der Waals surface area contributed by atoms with Crippen molar-refractivity contribution in [1.82, 2.24) is 4.98 Å². The molecule has 0 saturated heterocycles. The topological polar surface area (TPSA) is 59.1 Å². The second-order valence-electron chi connectivity index (χ2n) is 8.54. The number of nitrogens with one attached hydrogen (secondary N) is 1. The third-order valence-electron chi connectivity index (χ3n) is 6.57.